The Morgan fingerprint density at radius 1 is 1.11 bits per heavy atom. The van der Waals surface area contributed by atoms with Crippen LogP contribution in [0.3, 0.4) is 0 Å². The standard InChI is InChI=1S/C13H10ClN3O/c14-11-7-4-8-17-13(11)15-12(16-17)9-18-10-5-2-1-3-6-10/h1-8H,9H2. The highest BCUT2D eigenvalue weighted by atomic mass is 35.5. The molecule has 0 fully saturated rings. The molecule has 0 atom stereocenters. The van der Waals surface area contributed by atoms with E-state index in [1.54, 1.807) is 16.8 Å². The maximum atomic E-state index is 6.02. The first kappa shape index (κ1) is 11.0. The van der Waals surface area contributed by atoms with Crippen LogP contribution in [0.25, 0.3) is 5.65 Å². The second kappa shape index (κ2) is 4.66. The summed E-state index contributed by atoms with van der Waals surface area (Å²) in [5.41, 5.74) is 0.644. The lowest BCUT2D eigenvalue weighted by molar-refractivity contribution is 0.296. The largest absolute Gasteiger partial charge is 0.486 e. The lowest BCUT2D eigenvalue weighted by Crippen LogP contribution is -1.97. The van der Waals surface area contributed by atoms with Crippen LogP contribution in [0.5, 0.6) is 5.75 Å². The molecule has 2 heterocycles. The molecule has 0 saturated carbocycles. The van der Waals surface area contributed by atoms with E-state index < -0.39 is 0 Å². The van der Waals surface area contributed by atoms with E-state index in [2.05, 4.69) is 10.1 Å². The van der Waals surface area contributed by atoms with Crippen molar-refractivity contribution in [1.82, 2.24) is 14.6 Å². The lowest BCUT2D eigenvalue weighted by Gasteiger charge is -2.01. The van der Waals surface area contributed by atoms with Crippen molar-refractivity contribution in [2.75, 3.05) is 0 Å². The van der Waals surface area contributed by atoms with Crippen LogP contribution >= 0.6 is 11.6 Å². The summed E-state index contributed by atoms with van der Waals surface area (Å²) in [5, 5.41) is 4.86. The van der Waals surface area contributed by atoms with Crippen LogP contribution in [0, 0.1) is 0 Å². The quantitative estimate of drug-likeness (QED) is 0.726. The number of benzene rings is 1. The van der Waals surface area contributed by atoms with Gasteiger partial charge in [0.15, 0.2) is 11.5 Å². The van der Waals surface area contributed by atoms with Crippen molar-refractivity contribution in [3.8, 4) is 5.75 Å². The predicted octanol–water partition coefficient (Wildman–Crippen LogP) is 2.96. The van der Waals surface area contributed by atoms with Crippen molar-refractivity contribution in [1.29, 1.82) is 0 Å². The summed E-state index contributed by atoms with van der Waals surface area (Å²) in [4.78, 5) is 4.32. The molecule has 0 bridgehead atoms. The Kier molecular flexibility index (Phi) is 2.86. The maximum Gasteiger partial charge on any atom is 0.189 e. The zero-order valence-corrected chi connectivity index (χ0v) is 10.2. The molecule has 0 saturated heterocycles. The first-order valence-electron chi connectivity index (χ1n) is 5.50. The number of halogens is 1. The van der Waals surface area contributed by atoms with Gasteiger partial charge in [0.2, 0.25) is 0 Å². The molecule has 3 rings (SSSR count). The van der Waals surface area contributed by atoms with Gasteiger partial charge < -0.3 is 4.74 Å². The third-order valence-corrected chi connectivity index (χ3v) is 2.76. The lowest BCUT2D eigenvalue weighted by atomic mass is 10.3. The molecule has 4 nitrogen and oxygen atoms in total. The van der Waals surface area contributed by atoms with Crippen LogP contribution in [0.1, 0.15) is 5.82 Å². The molecule has 5 heteroatoms. The Bertz CT molecular complexity index is 666. The van der Waals surface area contributed by atoms with Crippen molar-refractivity contribution in [3.63, 3.8) is 0 Å². The van der Waals surface area contributed by atoms with Crippen LogP contribution in [0.2, 0.25) is 5.02 Å². The molecular formula is C13H10ClN3O. The van der Waals surface area contributed by atoms with Gasteiger partial charge in [0.1, 0.15) is 12.4 Å². The Labute approximate surface area is 109 Å². The first-order valence-corrected chi connectivity index (χ1v) is 5.88. The van der Waals surface area contributed by atoms with E-state index in [9.17, 15) is 0 Å². The van der Waals surface area contributed by atoms with E-state index in [4.69, 9.17) is 16.3 Å². The highest BCUT2D eigenvalue weighted by Gasteiger charge is 2.06. The van der Waals surface area contributed by atoms with Gasteiger partial charge >= 0.3 is 0 Å². The van der Waals surface area contributed by atoms with Gasteiger partial charge in [0, 0.05) is 6.20 Å². The third kappa shape index (κ3) is 2.15. The SMILES string of the molecule is Clc1cccn2nc(COc3ccccc3)nc12. The molecule has 0 amide bonds. The number of rotatable bonds is 3. The number of hydrogen-bond donors (Lipinski definition) is 0. The minimum Gasteiger partial charge on any atom is -0.486 e. The predicted molar refractivity (Wildman–Crippen MR) is 68.8 cm³/mol. The van der Waals surface area contributed by atoms with E-state index in [-0.39, 0.29) is 0 Å². The summed E-state index contributed by atoms with van der Waals surface area (Å²) >= 11 is 6.02. The second-order valence-electron chi connectivity index (χ2n) is 3.75. The minimum absolute atomic E-state index is 0.321. The van der Waals surface area contributed by atoms with Gasteiger partial charge in [0.05, 0.1) is 5.02 Å². The van der Waals surface area contributed by atoms with Crippen LogP contribution in [0.4, 0.5) is 0 Å². The molecular weight excluding hydrogens is 250 g/mol. The van der Waals surface area contributed by atoms with Crippen molar-refractivity contribution in [2.45, 2.75) is 6.61 Å². The van der Waals surface area contributed by atoms with Crippen molar-refractivity contribution in [2.24, 2.45) is 0 Å². The van der Waals surface area contributed by atoms with Crippen LogP contribution < -0.4 is 4.74 Å². The van der Waals surface area contributed by atoms with Crippen molar-refractivity contribution < 1.29 is 4.74 Å². The number of fused-ring (bicyclic) bond motifs is 1. The molecule has 2 aromatic heterocycles. The maximum absolute atomic E-state index is 6.02. The molecule has 0 aliphatic carbocycles. The summed E-state index contributed by atoms with van der Waals surface area (Å²) < 4.78 is 7.22. The Hall–Kier alpha value is -2.07. The normalized spacial score (nSPS) is 10.7. The zero-order valence-electron chi connectivity index (χ0n) is 9.45. The number of para-hydroxylation sites is 1. The zero-order chi connectivity index (χ0) is 12.4. The van der Waals surface area contributed by atoms with Crippen LogP contribution in [-0.2, 0) is 6.61 Å². The van der Waals surface area contributed by atoms with E-state index in [1.807, 2.05) is 36.4 Å². The molecule has 1 aromatic carbocycles. The summed E-state index contributed by atoms with van der Waals surface area (Å²) in [5.74, 6) is 1.40. The van der Waals surface area contributed by atoms with Crippen LogP contribution in [-0.4, -0.2) is 14.6 Å². The average molecular weight is 260 g/mol. The molecule has 0 spiro atoms. The van der Waals surface area contributed by atoms with Crippen molar-refractivity contribution >= 4 is 17.2 Å². The topological polar surface area (TPSA) is 39.4 Å². The minimum atomic E-state index is 0.321. The summed E-state index contributed by atoms with van der Waals surface area (Å²) in [6.45, 7) is 0.321. The van der Waals surface area contributed by atoms with Gasteiger partial charge in [-0.3, -0.25) is 0 Å². The molecule has 0 radical (unpaired) electrons. The molecule has 0 aliphatic rings. The van der Waals surface area contributed by atoms with E-state index in [0.717, 1.165) is 5.75 Å². The number of nitrogens with zero attached hydrogens (tertiary/aromatic N) is 3. The Morgan fingerprint density at radius 3 is 2.72 bits per heavy atom. The highest BCUT2D eigenvalue weighted by Crippen LogP contribution is 2.15. The first-order chi connectivity index (χ1) is 8.83. The number of ether oxygens (including phenoxy) is 1. The van der Waals surface area contributed by atoms with Gasteiger partial charge in [-0.25, -0.2) is 9.50 Å². The molecule has 18 heavy (non-hydrogen) atoms. The molecule has 0 N–H and O–H groups in total. The number of pyridine rings is 1. The van der Waals surface area contributed by atoms with E-state index in [0.29, 0.717) is 23.1 Å². The molecule has 3 aromatic rings. The monoisotopic (exact) mass is 259 g/mol. The fourth-order valence-electron chi connectivity index (χ4n) is 1.64. The fourth-order valence-corrected chi connectivity index (χ4v) is 1.85. The third-order valence-electron chi connectivity index (χ3n) is 2.47. The van der Waals surface area contributed by atoms with Crippen LogP contribution in [0.15, 0.2) is 48.7 Å². The van der Waals surface area contributed by atoms with Gasteiger partial charge in [0.25, 0.3) is 0 Å². The van der Waals surface area contributed by atoms with Gasteiger partial charge in [-0.1, -0.05) is 29.8 Å². The smallest absolute Gasteiger partial charge is 0.189 e. The van der Waals surface area contributed by atoms with E-state index in [1.165, 1.54) is 0 Å². The average Bonchev–Trinajstić information content (AvgIpc) is 2.82. The second-order valence-corrected chi connectivity index (χ2v) is 4.16. The van der Waals surface area contributed by atoms with Gasteiger partial charge in [-0.15, -0.1) is 5.10 Å². The molecule has 90 valence electrons. The molecule has 0 unspecified atom stereocenters. The highest BCUT2D eigenvalue weighted by molar-refractivity contribution is 6.33. The summed E-state index contributed by atoms with van der Waals surface area (Å²) in [7, 11) is 0. The fraction of sp³-hybridized carbons (Fsp3) is 0.0769. The number of aromatic nitrogens is 3. The van der Waals surface area contributed by atoms with Gasteiger partial charge in [-0.2, -0.15) is 0 Å². The van der Waals surface area contributed by atoms with E-state index >= 15 is 0 Å². The number of hydrogen-bond acceptors (Lipinski definition) is 3. The summed E-state index contributed by atoms with van der Waals surface area (Å²) in [6, 6.07) is 13.2. The summed E-state index contributed by atoms with van der Waals surface area (Å²) in [6.07, 6.45) is 1.81. The van der Waals surface area contributed by atoms with Gasteiger partial charge in [-0.05, 0) is 24.3 Å². The molecule has 0 aliphatic heterocycles. The van der Waals surface area contributed by atoms with Crippen molar-refractivity contribution in [3.05, 3.63) is 59.5 Å². The Balaban J connectivity index is 1.81. The Morgan fingerprint density at radius 2 is 1.94 bits per heavy atom.